The van der Waals surface area contributed by atoms with E-state index < -0.39 is 11.8 Å². The fourth-order valence-electron chi connectivity index (χ4n) is 2.11. The zero-order valence-electron chi connectivity index (χ0n) is 10.8. The van der Waals surface area contributed by atoms with Gasteiger partial charge in [-0.05, 0) is 0 Å². The summed E-state index contributed by atoms with van der Waals surface area (Å²) in [4.78, 5) is 13.9. The first kappa shape index (κ1) is 13.2. The highest BCUT2D eigenvalue weighted by atomic mass is 32.1. The molecule has 3 heterocycles. The van der Waals surface area contributed by atoms with Gasteiger partial charge in [-0.2, -0.15) is 0 Å². The highest BCUT2D eigenvalue weighted by Gasteiger charge is 2.46. The number of rotatable bonds is 2. The Morgan fingerprint density at radius 2 is 2.10 bits per heavy atom. The molecule has 3 rings (SSSR count). The number of aromatic nitrogens is 3. The SMILES string of the molecule is CC1CN(c2ncc(-c3nc(N)cs3)cn2)CC1(F)F. The van der Waals surface area contributed by atoms with Gasteiger partial charge in [0.05, 0.1) is 6.54 Å². The Hall–Kier alpha value is -1.83. The van der Waals surface area contributed by atoms with Gasteiger partial charge in [0.15, 0.2) is 0 Å². The molecular weight excluding hydrogens is 284 g/mol. The van der Waals surface area contributed by atoms with Crippen molar-refractivity contribution in [3.05, 3.63) is 17.8 Å². The molecule has 0 radical (unpaired) electrons. The molecule has 0 bridgehead atoms. The molecule has 0 saturated carbocycles. The second-order valence-corrected chi connectivity index (χ2v) is 5.75. The molecule has 106 valence electrons. The summed E-state index contributed by atoms with van der Waals surface area (Å²) in [6, 6.07) is 0. The maximum Gasteiger partial charge on any atom is 0.269 e. The van der Waals surface area contributed by atoms with E-state index in [0.29, 0.717) is 16.8 Å². The van der Waals surface area contributed by atoms with E-state index in [4.69, 9.17) is 5.73 Å². The summed E-state index contributed by atoms with van der Waals surface area (Å²) in [5.74, 6) is -2.61. The molecule has 0 aromatic carbocycles. The first-order valence-electron chi connectivity index (χ1n) is 6.12. The molecule has 2 aromatic heterocycles. The Morgan fingerprint density at radius 1 is 1.40 bits per heavy atom. The molecule has 2 N–H and O–H groups in total. The fraction of sp³-hybridized carbons (Fsp3) is 0.417. The van der Waals surface area contributed by atoms with Gasteiger partial charge in [0.2, 0.25) is 5.95 Å². The van der Waals surface area contributed by atoms with Gasteiger partial charge in [-0.1, -0.05) is 6.92 Å². The number of hydrogen-bond acceptors (Lipinski definition) is 6. The van der Waals surface area contributed by atoms with Gasteiger partial charge in [0, 0.05) is 35.8 Å². The summed E-state index contributed by atoms with van der Waals surface area (Å²) < 4.78 is 27.0. The van der Waals surface area contributed by atoms with E-state index >= 15 is 0 Å². The lowest BCUT2D eigenvalue weighted by Crippen LogP contribution is -2.27. The van der Waals surface area contributed by atoms with Crippen molar-refractivity contribution < 1.29 is 8.78 Å². The normalized spacial score (nSPS) is 21.4. The van der Waals surface area contributed by atoms with Crippen LogP contribution in [-0.2, 0) is 0 Å². The Labute approximate surface area is 118 Å². The lowest BCUT2D eigenvalue weighted by Gasteiger charge is -2.15. The summed E-state index contributed by atoms with van der Waals surface area (Å²) in [5.41, 5.74) is 6.29. The van der Waals surface area contributed by atoms with Crippen LogP contribution in [0.4, 0.5) is 20.5 Å². The zero-order valence-corrected chi connectivity index (χ0v) is 11.6. The average Bonchev–Trinajstić information content (AvgIpc) is 2.95. The van der Waals surface area contributed by atoms with Crippen LogP contribution in [0, 0.1) is 5.92 Å². The molecule has 0 amide bonds. The van der Waals surface area contributed by atoms with Gasteiger partial charge < -0.3 is 10.6 Å². The van der Waals surface area contributed by atoms with E-state index in [0.717, 1.165) is 5.56 Å². The predicted molar refractivity (Wildman–Crippen MR) is 73.9 cm³/mol. The number of nitrogens with zero attached hydrogens (tertiary/aromatic N) is 4. The summed E-state index contributed by atoms with van der Waals surface area (Å²) in [6.45, 7) is 1.46. The predicted octanol–water partition coefficient (Wildman–Crippen LogP) is 2.27. The minimum Gasteiger partial charge on any atom is -0.383 e. The van der Waals surface area contributed by atoms with Crippen LogP contribution < -0.4 is 10.6 Å². The Kier molecular flexibility index (Phi) is 3.04. The fourth-order valence-corrected chi connectivity index (χ4v) is 2.79. The van der Waals surface area contributed by atoms with Crippen LogP contribution in [0.25, 0.3) is 10.6 Å². The third kappa shape index (κ3) is 2.31. The van der Waals surface area contributed by atoms with Gasteiger partial charge in [0.25, 0.3) is 5.92 Å². The summed E-state index contributed by atoms with van der Waals surface area (Å²) in [5, 5.41) is 2.44. The number of nitrogens with two attached hydrogens (primary N) is 1. The molecule has 8 heteroatoms. The Balaban J connectivity index is 1.80. The number of halogens is 2. The van der Waals surface area contributed by atoms with Crippen molar-refractivity contribution in [3.8, 4) is 10.6 Å². The van der Waals surface area contributed by atoms with Crippen LogP contribution in [0.15, 0.2) is 17.8 Å². The smallest absolute Gasteiger partial charge is 0.269 e. The van der Waals surface area contributed by atoms with E-state index in [-0.39, 0.29) is 13.1 Å². The molecule has 1 unspecified atom stereocenters. The molecule has 0 aliphatic carbocycles. The molecule has 2 aromatic rings. The van der Waals surface area contributed by atoms with E-state index in [1.807, 2.05) is 0 Å². The molecule has 1 aliphatic heterocycles. The van der Waals surface area contributed by atoms with Crippen LogP contribution in [0.3, 0.4) is 0 Å². The lowest BCUT2D eigenvalue weighted by atomic mass is 10.1. The second kappa shape index (κ2) is 4.62. The van der Waals surface area contributed by atoms with E-state index in [2.05, 4.69) is 15.0 Å². The van der Waals surface area contributed by atoms with Crippen molar-refractivity contribution in [1.82, 2.24) is 15.0 Å². The number of thiazole rings is 1. The van der Waals surface area contributed by atoms with Crippen LogP contribution in [0.2, 0.25) is 0 Å². The summed E-state index contributed by atoms with van der Waals surface area (Å²) in [6.07, 6.45) is 3.17. The van der Waals surface area contributed by atoms with E-state index in [1.54, 1.807) is 17.8 Å². The Morgan fingerprint density at radius 3 is 2.60 bits per heavy atom. The second-order valence-electron chi connectivity index (χ2n) is 4.89. The van der Waals surface area contributed by atoms with E-state index in [9.17, 15) is 8.78 Å². The average molecular weight is 297 g/mol. The van der Waals surface area contributed by atoms with Crippen molar-refractivity contribution in [2.45, 2.75) is 12.8 Å². The largest absolute Gasteiger partial charge is 0.383 e. The van der Waals surface area contributed by atoms with Gasteiger partial charge in [-0.15, -0.1) is 11.3 Å². The maximum absolute atomic E-state index is 13.5. The van der Waals surface area contributed by atoms with Crippen molar-refractivity contribution in [2.24, 2.45) is 5.92 Å². The lowest BCUT2D eigenvalue weighted by molar-refractivity contribution is -0.0138. The van der Waals surface area contributed by atoms with Gasteiger partial charge in [-0.25, -0.2) is 23.7 Å². The molecular formula is C12H13F2N5S. The Bertz CT molecular complexity index is 613. The molecule has 1 saturated heterocycles. The quantitative estimate of drug-likeness (QED) is 0.921. The number of hydrogen-bond donors (Lipinski definition) is 1. The van der Waals surface area contributed by atoms with Crippen LogP contribution >= 0.6 is 11.3 Å². The highest BCUT2D eigenvalue weighted by molar-refractivity contribution is 7.13. The van der Waals surface area contributed by atoms with Gasteiger partial charge in [0.1, 0.15) is 10.8 Å². The molecule has 20 heavy (non-hydrogen) atoms. The number of nitrogen functional groups attached to an aromatic ring is 1. The summed E-state index contributed by atoms with van der Waals surface area (Å²) in [7, 11) is 0. The first-order chi connectivity index (χ1) is 9.45. The molecule has 1 aliphatic rings. The molecule has 1 atom stereocenters. The van der Waals surface area contributed by atoms with Crippen LogP contribution in [0.5, 0.6) is 0 Å². The third-order valence-corrected chi connectivity index (χ3v) is 4.22. The van der Waals surface area contributed by atoms with Crippen molar-refractivity contribution in [2.75, 3.05) is 23.7 Å². The van der Waals surface area contributed by atoms with Crippen LogP contribution in [-0.4, -0.2) is 34.0 Å². The van der Waals surface area contributed by atoms with Crippen LogP contribution in [0.1, 0.15) is 6.92 Å². The van der Waals surface area contributed by atoms with Crippen molar-refractivity contribution >= 4 is 23.1 Å². The monoisotopic (exact) mass is 297 g/mol. The zero-order chi connectivity index (χ0) is 14.3. The standard InChI is InChI=1S/C12H13F2N5S/c1-7-4-19(6-12(7,13)14)11-16-2-8(3-17-11)10-18-9(15)5-20-10/h2-3,5,7H,4,6,15H2,1H3. The highest BCUT2D eigenvalue weighted by Crippen LogP contribution is 2.34. The minimum atomic E-state index is -2.69. The molecule has 1 fully saturated rings. The van der Waals surface area contributed by atoms with E-state index in [1.165, 1.54) is 23.2 Å². The maximum atomic E-state index is 13.5. The van der Waals surface area contributed by atoms with Crippen molar-refractivity contribution in [1.29, 1.82) is 0 Å². The minimum absolute atomic E-state index is 0.260. The first-order valence-corrected chi connectivity index (χ1v) is 7.00. The number of alkyl halides is 2. The summed E-state index contributed by atoms with van der Waals surface area (Å²) >= 11 is 1.39. The molecule has 0 spiro atoms. The van der Waals surface area contributed by atoms with Crippen molar-refractivity contribution in [3.63, 3.8) is 0 Å². The number of anilines is 2. The van der Waals surface area contributed by atoms with Gasteiger partial charge >= 0.3 is 0 Å². The topological polar surface area (TPSA) is 67.9 Å². The van der Waals surface area contributed by atoms with Gasteiger partial charge in [-0.3, -0.25) is 0 Å². The third-order valence-electron chi connectivity index (χ3n) is 3.31. The molecule has 5 nitrogen and oxygen atoms in total.